The second-order valence-corrected chi connectivity index (χ2v) is 22.8. The van der Waals surface area contributed by atoms with Crippen LogP contribution in [-0.4, -0.2) is 124 Å². The van der Waals surface area contributed by atoms with Crippen molar-refractivity contribution >= 4 is 77.5 Å². The number of thiophene rings is 1. The summed E-state index contributed by atoms with van der Waals surface area (Å²) in [6.07, 6.45) is 0.792. The number of ether oxygens (including phenoxy) is 3. The van der Waals surface area contributed by atoms with Gasteiger partial charge in [-0.1, -0.05) is 31.2 Å². The Kier molecular flexibility index (Phi) is 12.7. The Morgan fingerprint density at radius 3 is 2.70 bits per heavy atom. The van der Waals surface area contributed by atoms with E-state index in [0.717, 1.165) is 23.8 Å². The molecule has 5 aliphatic rings. The Morgan fingerprint density at radius 1 is 1.07 bits per heavy atom. The Bertz CT molecular complexity index is 4210. The van der Waals surface area contributed by atoms with Crippen molar-refractivity contribution in [3.63, 3.8) is 0 Å². The van der Waals surface area contributed by atoms with Crippen LogP contribution < -0.4 is 25.7 Å². The van der Waals surface area contributed by atoms with Gasteiger partial charge in [0.05, 0.1) is 56.4 Å². The zero-order valence-electron chi connectivity index (χ0n) is 43.9. The molecule has 0 aliphatic carbocycles. The lowest BCUT2D eigenvalue weighted by Crippen LogP contribution is -2.54. The van der Waals surface area contributed by atoms with Gasteiger partial charge in [0.1, 0.15) is 47.6 Å². The first-order valence-corrected chi connectivity index (χ1v) is 27.6. The molecule has 3 fully saturated rings. The number of nitrogens with two attached hydrogens (primary N) is 1. The van der Waals surface area contributed by atoms with E-state index in [1.54, 1.807) is 24.0 Å². The fourth-order valence-electron chi connectivity index (χ4n) is 12.4. The molecule has 0 spiro atoms. The molecule has 26 heteroatoms. The lowest BCUT2D eigenvalue weighted by atomic mass is 9.86. The first-order chi connectivity index (χ1) is 39.4. The maximum Gasteiger partial charge on any atom is 0.343 e. The molecule has 13 rings (SSSR count). The molecule has 5 aliphatic heterocycles. The van der Waals surface area contributed by atoms with Crippen LogP contribution in [0.3, 0.4) is 0 Å². The highest BCUT2D eigenvalue weighted by molar-refractivity contribution is 7.23. The van der Waals surface area contributed by atoms with Crippen LogP contribution >= 0.6 is 22.9 Å². The summed E-state index contributed by atoms with van der Waals surface area (Å²) in [5.41, 5.74) is 5.17. The van der Waals surface area contributed by atoms with E-state index in [1.165, 1.54) is 33.6 Å². The lowest BCUT2D eigenvalue weighted by molar-refractivity contribution is -0.172. The fraction of sp³-hybridized carbons (Fsp3) is 0.357. The van der Waals surface area contributed by atoms with Gasteiger partial charge in [0.2, 0.25) is 5.82 Å². The molecule has 20 nitrogen and oxygen atoms in total. The van der Waals surface area contributed by atoms with Crippen molar-refractivity contribution in [2.75, 3.05) is 50.0 Å². The number of carbonyl (C=O) groups excluding carboxylic acids is 2. The van der Waals surface area contributed by atoms with Crippen LogP contribution in [0.25, 0.3) is 54.4 Å². The number of nitrogens with zero attached hydrogens (tertiary/aromatic N) is 12. The summed E-state index contributed by atoms with van der Waals surface area (Å²) in [5, 5.41) is 34.5. The Hall–Kier alpha value is -8.31. The Labute approximate surface area is 471 Å². The number of anilines is 2. The van der Waals surface area contributed by atoms with Gasteiger partial charge in [-0.3, -0.25) is 14.5 Å². The molecule has 0 radical (unpaired) electrons. The van der Waals surface area contributed by atoms with Crippen LogP contribution in [0.4, 0.5) is 28.4 Å². The van der Waals surface area contributed by atoms with Gasteiger partial charge in [-0.25, -0.2) is 27.3 Å². The van der Waals surface area contributed by atoms with Crippen molar-refractivity contribution in [2.45, 2.75) is 89.2 Å². The quantitative estimate of drug-likeness (QED) is 0.0695. The molecule has 10 heterocycles. The SMILES string of the molecule is C=C(Cn1nnc(COc2cc3cc4c(nc3cc2F)-c2cc3c(c(=O)n2C4)COC(=O)C3(O)CC)n1)C(=O)N1CCN(c2nc(OCC34CCCN3CC(F)C4)nc3c(F)c(-c4ccc(F)c5sc(N)c(C#N)c45)c(Cl)cc23)C(C)C1. The van der Waals surface area contributed by atoms with Gasteiger partial charge < -0.3 is 39.4 Å². The number of halogens is 5. The molecule has 3 aromatic carbocycles. The predicted molar refractivity (Wildman–Crippen MR) is 292 cm³/mol. The maximum absolute atomic E-state index is 17.5. The number of alkyl halides is 1. The van der Waals surface area contributed by atoms with Crippen molar-refractivity contribution in [1.82, 2.24) is 49.5 Å². The number of esters is 1. The Morgan fingerprint density at radius 2 is 1.90 bits per heavy atom. The highest BCUT2D eigenvalue weighted by Gasteiger charge is 2.50. The second-order valence-electron chi connectivity index (χ2n) is 21.4. The van der Waals surface area contributed by atoms with Gasteiger partial charge in [0.15, 0.2) is 29.6 Å². The number of rotatable bonds is 12. The van der Waals surface area contributed by atoms with E-state index in [0.29, 0.717) is 35.3 Å². The molecule has 4 atom stereocenters. The zero-order valence-corrected chi connectivity index (χ0v) is 45.5. The number of hydrogen-bond acceptors (Lipinski definition) is 18. The number of nitrogen functional groups attached to an aromatic ring is 1. The number of nitriles is 1. The minimum Gasteiger partial charge on any atom is -0.482 e. The van der Waals surface area contributed by atoms with Crippen molar-refractivity contribution < 1.29 is 46.5 Å². The third-order valence-corrected chi connectivity index (χ3v) is 17.8. The fourth-order valence-corrected chi connectivity index (χ4v) is 13.6. The highest BCUT2D eigenvalue weighted by atomic mass is 35.5. The maximum atomic E-state index is 17.5. The van der Waals surface area contributed by atoms with E-state index in [2.05, 4.69) is 36.9 Å². The van der Waals surface area contributed by atoms with Crippen molar-refractivity contribution in [3.8, 4) is 40.3 Å². The zero-order chi connectivity index (χ0) is 57.3. The van der Waals surface area contributed by atoms with E-state index in [1.807, 2.05) is 17.9 Å². The van der Waals surface area contributed by atoms with Crippen LogP contribution in [-0.2, 0) is 46.2 Å². The first-order valence-electron chi connectivity index (χ1n) is 26.4. The van der Waals surface area contributed by atoms with Crippen LogP contribution in [0, 0.1) is 28.8 Å². The van der Waals surface area contributed by atoms with E-state index in [9.17, 15) is 29.1 Å². The van der Waals surface area contributed by atoms with Crippen LogP contribution in [0.1, 0.15) is 67.6 Å². The second kappa shape index (κ2) is 19.7. The molecule has 3 saturated heterocycles. The van der Waals surface area contributed by atoms with E-state index in [4.69, 9.17) is 36.5 Å². The average Bonchev–Trinajstić information content (AvgIpc) is 2.62. The molecule has 3 N–H and O–H groups in total. The summed E-state index contributed by atoms with van der Waals surface area (Å²) in [4.78, 5) is 61.1. The summed E-state index contributed by atoms with van der Waals surface area (Å²) in [5.74, 6) is -3.28. The first kappa shape index (κ1) is 53.0. The standard InChI is InChI=1S/C56H48ClF4N13O7S/c1-4-56(78)35-15-40-46-29(21-73(40)52(76)34(35)23-80-53(56)77)12-28-13-41(38(60)16-39(28)64-46)79-24-42-67-69-74(68-42)19-26(2)51(75)70-10-11-72(27(3)20-70)50-32-14-36(57)44(31-6-7-37(59)48-43(31)33(18-62)49(63)82-48)45(61)47(32)65-54(66-50)81-25-55-8-5-9-71(55)22-30(58)17-55/h6-7,12-16,27,30,78H,2,4-5,8-11,17,19-25,63H2,1,3H3. The number of cyclic esters (lactones) is 1. The van der Waals surface area contributed by atoms with Gasteiger partial charge in [-0.15, -0.1) is 21.5 Å². The number of amides is 1. The van der Waals surface area contributed by atoms with Gasteiger partial charge in [-0.2, -0.15) is 20.0 Å². The molecule has 0 bridgehead atoms. The van der Waals surface area contributed by atoms with Crippen LogP contribution in [0.5, 0.6) is 11.8 Å². The minimum atomic E-state index is -1.99. The van der Waals surface area contributed by atoms with Crippen molar-refractivity contribution in [1.29, 1.82) is 5.26 Å². The molecule has 8 aromatic rings. The highest BCUT2D eigenvalue weighted by Crippen LogP contribution is 2.47. The third kappa shape index (κ3) is 8.47. The van der Waals surface area contributed by atoms with Crippen LogP contribution in [0.15, 0.2) is 59.4 Å². The number of hydrogen-bond donors (Lipinski definition) is 2. The summed E-state index contributed by atoms with van der Waals surface area (Å²) < 4.78 is 82.0. The van der Waals surface area contributed by atoms with Gasteiger partial charge in [0.25, 0.3) is 11.5 Å². The van der Waals surface area contributed by atoms with Crippen molar-refractivity contribution in [2.24, 2.45) is 0 Å². The third-order valence-electron chi connectivity index (χ3n) is 16.5. The Balaban J connectivity index is 0.708. The number of pyridine rings is 2. The number of piperazine rings is 1. The monoisotopic (exact) mass is 1160 g/mol. The summed E-state index contributed by atoms with van der Waals surface area (Å²) in [6, 6.07) is 11.4. The van der Waals surface area contributed by atoms with E-state index >= 15 is 13.2 Å². The number of tetrazole rings is 1. The minimum absolute atomic E-state index is 0.0101. The molecule has 1 amide bonds. The van der Waals surface area contributed by atoms with Gasteiger partial charge >= 0.3 is 12.0 Å². The number of aliphatic hydroxyl groups is 1. The average molecular weight is 1160 g/mol. The molecular weight excluding hydrogens is 1110 g/mol. The number of benzene rings is 3. The lowest BCUT2D eigenvalue weighted by Gasteiger charge is -2.41. The van der Waals surface area contributed by atoms with E-state index < -0.39 is 58.2 Å². The largest absolute Gasteiger partial charge is 0.482 e. The van der Waals surface area contributed by atoms with Gasteiger partial charge in [0, 0.05) is 83.1 Å². The van der Waals surface area contributed by atoms with Gasteiger partial charge in [-0.05, 0) is 73.8 Å². The molecule has 0 saturated carbocycles. The topological polar surface area (TPSA) is 246 Å². The predicted octanol–water partition coefficient (Wildman–Crippen LogP) is 7.24. The molecular formula is C56H48ClF4N13O7S. The van der Waals surface area contributed by atoms with Crippen LogP contribution in [0.2, 0.25) is 5.02 Å². The number of carbonyl (C=O) groups is 2. The summed E-state index contributed by atoms with van der Waals surface area (Å²) in [7, 11) is 0. The molecule has 420 valence electrons. The number of fused-ring (bicyclic) bond motifs is 8. The molecule has 4 unspecified atom stereocenters. The summed E-state index contributed by atoms with van der Waals surface area (Å²) in [6.45, 7) is 8.55. The normalized spacial score (nSPS) is 21.2. The summed E-state index contributed by atoms with van der Waals surface area (Å²) >= 11 is 7.84. The molecule has 82 heavy (non-hydrogen) atoms. The molecule has 5 aromatic heterocycles. The van der Waals surface area contributed by atoms with Crippen molar-refractivity contribution in [3.05, 3.63) is 116 Å². The smallest absolute Gasteiger partial charge is 0.343 e. The van der Waals surface area contributed by atoms with E-state index in [-0.39, 0.29) is 165 Å². The number of aromatic nitrogens is 8.